The molecule has 3 nitrogen and oxygen atoms in total. The van der Waals surface area contributed by atoms with Crippen LogP contribution in [0.2, 0.25) is 5.02 Å². The Morgan fingerprint density at radius 1 is 1.25 bits per heavy atom. The maximum absolute atomic E-state index is 12.5. The van der Waals surface area contributed by atoms with Crippen LogP contribution in [0.5, 0.6) is 5.75 Å². The Morgan fingerprint density at radius 3 is 2.50 bits per heavy atom. The fourth-order valence-electron chi connectivity index (χ4n) is 2.19. The molecule has 2 aromatic rings. The largest absolute Gasteiger partial charge is 1.00 e. The predicted octanol–water partition coefficient (Wildman–Crippen LogP) is 1.67. The number of hydrogen-bond donors (Lipinski definition) is 0. The summed E-state index contributed by atoms with van der Waals surface area (Å²) in [5, 5.41) is 1.46. The van der Waals surface area contributed by atoms with E-state index in [2.05, 4.69) is 0 Å². The molecule has 2 rings (SSSR count). The minimum atomic E-state index is -0.291. The Morgan fingerprint density at radius 2 is 1.92 bits per heavy atom. The second-order valence-electron chi connectivity index (χ2n) is 5.05. The van der Waals surface area contributed by atoms with Crippen LogP contribution >= 0.6 is 20.2 Å². The van der Waals surface area contributed by atoms with Crippen molar-refractivity contribution in [2.75, 3.05) is 6.61 Å². The molecule has 124 valence electrons. The van der Waals surface area contributed by atoms with Gasteiger partial charge >= 0.3 is 18.9 Å². The Balaban J connectivity index is 0.00000288. The van der Waals surface area contributed by atoms with Crippen molar-refractivity contribution in [2.45, 2.75) is 27.1 Å². The van der Waals surface area contributed by atoms with Crippen LogP contribution in [0.4, 0.5) is 0 Å². The van der Waals surface area contributed by atoms with Gasteiger partial charge < -0.3 is 10.9 Å². The number of ether oxygens (including phenoxy) is 2. The zero-order valence-electron chi connectivity index (χ0n) is 15.4. The van der Waals surface area contributed by atoms with E-state index in [-0.39, 0.29) is 40.7 Å². The standard InChI is InChI=1S/C18H20ClO3P.Li.H/c1-4-21-13(3)22-14-8-10-15(11-9-14)23-18(20)17-12(2)6-5-7-16(17)19;;/h5-11,13,23H,4H2,1-3H3;;/q;+1;-1. The summed E-state index contributed by atoms with van der Waals surface area (Å²) in [6.07, 6.45) is -0.291. The summed E-state index contributed by atoms with van der Waals surface area (Å²) in [7, 11) is 0.0309. The summed E-state index contributed by atoms with van der Waals surface area (Å²) in [5.74, 6) is 0.723. The van der Waals surface area contributed by atoms with Crippen LogP contribution in [0.1, 0.15) is 31.2 Å². The van der Waals surface area contributed by atoms with E-state index in [0.29, 0.717) is 17.2 Å². The maximum atomic E-state index is 12.5. The molecule has 0 N–H and O–H groups in total. The number of carbonyl (C=O) groups is 1. The summed E-state index contributed by atoms with van der Waals surface area (Å²) < 4.78 is 10.9. The van der Waals surface area contributed by atoms with Gasteiger partial charge in [-0.3, -0.25) is 4.79 Å². The molecule has 0 spiro atoms. The molecule has 0 heterocycles. The van der Waals surface area contributed by atoms with E-state index < -0.39 is 0 Å². The van der Waals surface area contributed by atoms with Crippen molar-refractivity contribution in [1.29, 1.82) is 0 Å². The summed E-state index contributed by atoms with van der Waals surface area (Å²) in [5.41, 5.74) is 1.56. The van der Waals surface area contributed by atoms with Crippen molar-refractivity contribution in [3.63, 3.8) is 0 Å². The van der Waals surface area contributed by atoms with Crippen LogP contribution in [0.3, 0.4) is 0 Å². The number of benzene rings is 2. The van der Waals surface area contributed by atoms with Gasteiger partial charge in [0.25, 0.3) is 0 Å². The molecule has 2 atom stereocenters. The number of aryl methyl sites for hydroxylation is 1. The van der Waals surface area contributed by atoms with Crippen LogP contribution in [0, 0.1) is 6.92 Å². The molecular weight excluding hydrogens is 338 g/mol. The van der Waals surface area contributed by atoms with Gasteiger partial charge in [0.15, 0.2) is 11.8 Å². The molecule has 0 saturated carbocycles. The zero-order chi connectivity index (χ0) is 16.8. The molecule has 6 heteroatoms. The molecule has 0 radical (unpaired) electrons. The first-order valence-electron chi connectivity index (χ1n) is 7.46. The fraction of sp³-hybridized carbons (Fsp3) is 0.278. The summed E-state index contributed by atoms with van der Waals surface area (Å²) in [4.78, 5) is 12.5. The Bertz CT molecular complexity index is 662. The molecule has 24 heavy (non-hydrogen) atoms. The predicted molar refractivity (Wildman–Crippen MR) is 97.7 cm³/mol. The first-order valence-corrected chi connectivity index (χ1v) is 8.84. The van der Waals surface area contributed by atoms with E-state index in [4.69, 9.17) is 21.1 Å². The number of halogens is 1. The average Bonchev–Trinajstić information content (AvgIpc) is 2.49. The van der Waals surface area contributed by atoms with E-state index in [9.17, 15) is 4.79 Å². The van der Waals surface area contributed by atoms with Crippen LogP contribution in [0.15, 0.2) is 42.5 Å². The third-order valence-electron chi connectivity index (χ3n) is 3.26. The van der Waals surface area contributed by atoms with E-state index in [1.54, 1.807) is 6.07 Å². The monoisotopic (exact) mass is 358 g/mol. The summed E-state index contributed by atoms with van der Waals surface area (Å²) in [6, 6.07) is 13.0. The number of carbonyl (C=O) groups excluding carboxylic acids is 1. The van der Waals surface area contributed by atoms with E-state index in [0.717, 1.165) is 16.6 Å². The van der Waals surface area contributed by atoms with E-state index >= 15 is 0 Å². The first-order chi connectivity index (χ1) is 11.0. The van der Waals surface area contributed by atoms with Gasteiger partial charge in [0, 0.05) is 12.2 Å². The topological polar surface area (TPSA) is 35.5 Å². The average molecular weight is 359 g/mol. The molecule has 0 aliphatic carbocycles. The third kappa shape index (κ3) is 5.92. The molecule has 0 saturated heterocycles. The van der Waals surface area contributed by atoms with Gasteiger partial charge in [-0.1, -0.05) is 35.9 Å². The summed E-state index contributed by atoms with van der Waals surface area (Å²) >= 11 is 6.15. The van der Waals surface area contributed by atoms with E-state index in [1.165, 1.54) is 0 Å². The van der Waals surface area contributed by atoms with Crippen molar-refractivity contribution in [1.82, 2.24) is 0 Å². The minimum absolute atomic E-state index is 0. The quantitative estimate of drug-likeness (QED) is 0.429. The van der Waals surface area contributed by atoms with Gasteiger partial charge in [0.1, 0.15) is 5.75 Å². The Labute approximate surface area is 163 Å². The molecule has 0 bridgehead atoms. The molecule has 0 aliphatic rings. The fourth-order valence-corrected chi connectivity index (χ4v) is 3.63. The molecule has 2 unspecified atom stereocenters. The summed E-state index contributed by atoms with van der Waals surface area (Å²) in [6.45, 7) is 6.28. The van der Waals surface area contributed by atoms with Gasteiger partial charge in [-0.25, -0.2) is 0 Å². The van der Waals surface area contributed by atoms with Gasteiger partial charge in [-0.15, -0.1) is 0 Å². The molecule has 2 aromatic carbocycles. The normalized spacial score (nSPS) is 12.0. The third-order valence-corrected chi connectivity index (χ3v) is 4.68. The van der Waals surface area contributed by atoms with Crippen molar-refractivity contribution in [2.24, 2.45) is 0 Å². The van der Waals surface area contributed by atoms with Crippen LogP contribution in [-0.2, 0) is 4.74 Å². The number of rotatable bonds is 7. The minimum Gasteiger partial charge on any atom is -1.00 e. The zero-order valence-corrected chi connectivity index (χ0v) is 16.2. The van der Waals surface area contributed by atoms with Crippen molar-refractivity contribution < 1.29 is 34.6 Å². The second kappa shape index (κ2) is 10.2. The molecule has 0 aromatic heterocycles. The molecule has 0 amide bonds. The molecule has 0 fully saturated rings. The van der Waals surface area contributed by atoms with Crippen molar-refractivity contribution >= 4 is 31.0 Å². The van der Waals surface area contributed by atoms with Crippen LogP contribution < -0.4 is 28.9 Å². The number of hydrogen-bond acceptors (Lipinski definition) is 3. The SMILES string of the molecule is CCOC(C)Oc1ccc(PC(=O)c2c(C)cccc2Cl)cc1.[H-].[Li+]. The first kappa shape index (κ1) is 21.2. The van der Waals surface area contributed by atoms with Crippen LogP contribution in [0.25, 0.3) is 0 Å². The Kier molecular flexibility index (Phi) is 9.06. The van der Waals surface area contributed by atoms with Crippen molar-refractivity contribution in [3.8, 4) is 5.75 Å². The van der Waals surface area contributed by atoms with E-state index in [1.807, 2.05) is 57.2 Å². The Hall–Kier alpha value is -0.813. The van der Waals surface area contributed by atoms with Crippen LogP contribution in [-0.4, -0.2) is 18.4 Å². The van der Waals surface area contributed by atoms with Gasteiger partial charge in [-0.2, -0.15) is 0 Å². The maximum Gasteiger partial charge on any atom is 1.00 e. The van der Waals surface area contributed by atoms with Gasteiger partial charge in [0.2, 0.25) is 0 Å². The smallest absolute Gasteiger partial charge is 1.00 e. The van der Waals surface area contributed by atoms with Gasteiger partial charge in [-0.05, 0) is 58.4 Å². The second-order valence-corrected chi connectivity index (χ2v) is 6.74. The van der Waals surface area contributed by atoms with Crippen molar-refractivity contribution in [3.05, 3.63) is 58.6 Å². The molecule has 0 aliphatic heterocycles. The molecular formula is C18H21ClLiO3P. The van der Waals surface area contributed by atoms with Gasteiger partial charge in [0.05, 0.1) is 5.02 Å².